The predicted octanol–water partition coefficient (Wildman–Crippen LogP) is 3.36. The van der Waals surface area contributed by atoms with Crippen LogP contribution >= 0.6 is 33.2 Å². The molecule has 0 atom stereocenters. The lowest BCUT2D eigenvalue weighted by atomic mass is 10.1. The molecule has 0 saturated carbocycles. The second-order valence-electron chi connectivity index (χ2n) is 3.23. The minimum absolute atomic E-state index is 0.415. The van der Waals surface area contributed by atoms with E-state index in [0.29, 0.717) is 10.9 Å². The van der Waals surface area contributed by atoms with E-state index in [-0.39, 0.29) is 0 Å². The van der Waals surface area contributed by atoms with Gasteiger partial charge in [-0.15, -0.1) is 38.5 Å². The van der Waals surface area contributed by atoms with Crippen molar-refractivity contribution in [3.8, 4) is 12.0 Å². The van der Waals surface area contributed by atoms with Crippen molar-refractivity contribution in [2.45, 2.75) is 19.8 Å². The molecule has 0 heterocycles. The van der Waals surface area contributed by atoms with Gasteiger partial charge in [0.05, 0.1) is 0 Å². The summed E-state index contributed by atoms with van der Waals surface area (Å²) in [6.45, 7) is 2.04. The summed E-state index contributed by atoms with van der Waals surface area (Å²) in [5.74, 6) is 0.415. The number of nitriles is 1. The van der Waals surface area contributed by atoms with E-state index in [1.165, 1.54) is 0 Å². The van der Waals surface area contributed by atoms with Crippen molar-refractivity contribution in [1.82, 2.24) is 0 Å². The Bertz CT molecular complexity index is 412. The van der Waals surface area contributed by atoms with Crippen LogP contribution in [0.2, 0.25) is 0 Å². The van der Waals surface area contributed by atoms with Crippen LogP contribution in [0.5, 0.6) is 5.75 Å². The zero-order valence-electron chi connectivity index (χ0n) is 8.64. The quantitative estimate of drug-likeness (QED) is 0.484. The smallest absolute Gasteiger partial charge is 0.376 e. The lowest BCUT2D eigenvalue weighted by Gasteiger charge is -2.14. The summed E-state index contributed by atoms with van der Waals surface area (Å²) in [4.78, 5) is 0. The Kier molecular flexibility index (Phi) is 4.94. The molecule has 0 aromatic heterocycles. The molecule has 86 valence electrons. The van der Waals surface area contributed by atoms with E-state index in [9.17, 15) is 0 Å². The average molecular weight is 295 g/mol. The number of para-hydroxylation sites is 1. The first kappa shape index (κ1) is 13.7. The van der Waals surface area contributed by atoms with Gasteiger partial charge in [0.25, 0.3) is 6.26 Å². The number of ether oxygens (including phenoxy) is 1. The Morgan fingerprint density at radius 3 is 2.56 bits per heavy atom. The molecular weight excluding hydrogens is 285 g/mol. The predicted molar refractivity (Wildman–Crippen MR) is 69.6 cm³/mol. The van der Waals surface area contributed by atoms with Crippen LogP contribution in [0.25, 0.3) is 0 Å². The normalized spacial score (nSPS) is 10.9. The van der Waals surface area contributed by atoms with Gasteiger partial charge in [-0.3, -0.25) is 0 Å². The zero-order valence-corrected chi connectivity index (χ0v) is 11.9. The Balaban J connectivity index is 3.28. The highest BCUT2D eigenvalue weighted by Crippen LogP contribution is 2.27. The largest absolute Gasteiger partial charge is 0.388 e. The Labute approximate surface area is 110 Å². The summed E-state index contributed by atoms with van der Waals surface area (Å²) in [7, 11) is 0. The van der Waals surface area contributed by atoms with Crippen LogP contribution in [0.3, 0.4) is 0 Å². The molecule has 0 unspecified atom stereocenters. The minimum Gasteiger partial charge on any atom is -0.388 e. The minimum atomic E-state index is -3.03. The van der Waals surface area contributed by atoms with Crippen LogP contribution in [0.4, 0.5) is 0 Å². The SMILES string of the molecule is CCCc1cccc([Si](Cl)(Cl)Cl)c1OC#N. The van der Waals surface area contributed by atoms with Gasteiger partial charge >= 0.3 is 6.00 Å². The lowest BCUT2D eigenvalue weighted by Crippen LogP contribution is -2.32. The van der Waals surface area contributed by atoms with Crippen LogP contribution in [0, 0.1) is 11.5 Å². The topological polar surface area (TPSA) is 33.0 Å². The van der Waals surface area contributed by atoms with Crippen LogP contribution in [0.15, 0.2) is 18.2 Å². The van der Waals surface area contributed by atoms with Gasteiger partial charge in [0.2, 0.25) is 0 Å². The van der Waals surface area contributed by atoms with Gasteiger partial charge in [0.1, 0.15) is 5.75 Å². The summed E-state index contributed by atoms with van der Waals surface area (Å²) in [6.07, 6.45) is 3.37. The highest BCUT2D eigenvalue weighted by atomic mass is 35.8. The van der Waals surface area contributed by atoms with E-state index in [4.69, 9.17) is 43.2 Å². The van der Waals surface area contributed by atoms with E-state index in [2.05, 4.69) is 0 Å². The molecule has 0 aliphatic carbocycles. The van der Waals surface area contributed by atoms with E-state index in [1.807, 2.05) is 19.1 Å². The van der Waals surface area contributed by atoms with E-state index >= 15 is 0 Å². The first-order chi connectivity index (χ1) is 7.50. The number of hydrogen-bond acceptors (Lipinski definition) is 2. The van der Waals surface area contributed by atoms with Gasteiger partial charge in [-0.2, -0.15) is 0 Å². The molecule has 0 radical (unpaired) electrons. The van der Waals surface area contributed by atoms with Crippen LogP contribution < -0.4 is 9.92 Å². The fraction of sp³-hybridized carbons (Fsp3) is 0.300. The standard InChI is InChI=1S/C10H10Cl3NOSi/c1-2-4-8-5-3-6-9(16(11,12)13)10(8)15-7-14/h3,5-6H,2,4H2,1H3. The van der Waals surface area contributed by atoms with Gasteiger partial charge in [0.15, 0.2) is 0 Å². The molecule has 0 aliphatic heterocycles. The van der Waals surface area contributed by atoms with Gasteiger partial charge in [-0.1, -0.05) is 31.5 Å². The van der Waals surface area contributed by atoms with Crippen molar-refractivity contribution in [3.05, 3.63) is 23.8 Å². The highest BCUT2D eigenvalue weighted by molar-refractivity contribution is 7.69. The molecule has 2 nitrogen and oxygen atoms in total. The first-order valence-electron chi connectivity index (χ1n) is 4.75. The van der Waals surface area contributed by atoms with Gasteiger partial charge in [-0.05, 0) is 12.0 Å². The van der Waals surface area contributed by atoms with Crippen molar-refractivity contribution in [1.29, 1.82) is 5.26 Å². The molecule has 6 heteroatoms. The maximum absolute atomic E-state index is 8.62. The summed E-state index contributed by atoms with van der Waals surface area (Å²) < 4.78 is 4.93. The Morgan fingerprint density at radius 2 is 2.06 bits per heavy atom. The van der Waals surface area contributed by atoms with Crippen molar-refractivity contribution in [2.24, 2.45) is 0 Å². The van der Waals surface area contributed by atoms with Gasteiger partial charge < -0.3 is 4.74 Å². The molecule has 1 rings (SSSR count). The van der Waals surface area contributed by atoms with Gasteiger partial charge in [0, 0.05) is 5.19 Å². The molecule has 16 heavy (non-hydrogen) atoms. The number of benzene rings is 1. The Hall–Kier alpha value is -0.403. The second-order valence-corrected chi connectivity index (χ2v) is 11.6. The summed E-state index contributed by atoms with van der Waals surface area (Å²) in [6, 6.07) is 2.36. The van der Waals surface area contributed by atoms with Gasteiger partial charge in [-0.25, -0.2) is 0 Å². The second kappa shape index (κ2) is 5.79. The third-order valence-electron chi connectivity index (χ3n) is 2.07. The fourth-order valence-electron chi connectivity index (χ4n) is 1.44. The molecule has 0 aliphatic rings. The molecular formula is C10H10Cl3NOSi. The van der Waals surface area contributed by atoms with E-state index < -0.39 is 6.00 Å². The summed E-state index contributed by atoms with van der Waals surface area (Å²) in [5.41, 5.74) is 0.903. The highest BCUT2D eigenvalue weighted by Gasteiger charge is 2.33. The molecule has 0 spiro atoms. The third kappa shape index (κ3) is 3.29. The molecule has 0 bridgehead atoms. The van der Waals surface area contributed by atoms with Crippen molar-refractivity contribution < 1.29 is 4.74 Å². The number of nitrogens with zero attached hydrogens (tertiary/aromatic N) is 1. The molecule has 0 amide bonds. The molecule has 1 aromatic rings. The number of halogens is 3. The molecule has 1 aromatic carbocycles. The lowest BCUT2D eigenvalue weighted by molar-refractivity contribution is 0.503. The van der Waals surface area contributed by atoms with E-state index in [0.717, 1.165) is 18.4 Å². The zero-order chi connectivity index (χ0) is 12.2. The van der Waals surface area contributed by atoms with Crippen molar-refractivity contribution in [3.63, 3.8) is 0 Å². The monoisotopic (exact) mass is 293 g/mol. The average Bonchev–Trinajstić information content (AvgIpc) is 2.19. The van der Waals surface area contributed by atoms with Crippen molar-refractivity contribution >= 4 is 44.4 Å². The summed E-state index contributed by atoms with van der Waals surface area (Å²) >= 11 is 17.9. The third-order valence-corrected chi connectivity index (χ3v) is 4.91. The molecule has 0 fully saturated rings. The Morgan fingerprint density at radius 1 is 1.38 bits per heavy atom. The molecule has 0 saturated heterocycles. The fourth-order valence-corrected chi connectivity index (χ4v) is 3.53. The number of aryl methyl sites for hydroxylation is 1. The van der Waals surface area contributed by atoms with Crippen LogP contribution in [-0.4, -0.2) is 6.00 Å². The number of rotatable bonds is 4. The maximum Gasteiger partial charge on any atom is 0.376 e. The maximum atomic E-state index is 8.62. The van der Waals surface area contributed by atoms with Crippen LogP contribution in [-0.2, 0) is 6.42 Å². The first-order valence-corrected chi connectivity index (χ1v) is 9.79. The summed E-state index contributed by atoms with van der Waals surface area (Å²) in [5, 5.41) is 9.15. The van der Waals surface area contributed by atoms with Crippen molar-refractivity contribution in [2.75, 3.05) is 0 Å². The van der Waals surface area contributed by atoms with Crippen LogP contribution in [0.1, 0.15) is 18.9 Å². The van der Waals surface area contributed by atoms with E-state index in [1.54, 1.807) is 12.3 Å². The number of hydrogen-bond donors (Lipinski definition) is 0. The molecule has 0 N–H and O–H groups in total.